The number of nitrogens with zero attached hydrogens (tertiary/aromatic N) is 4. The molecule has 4 aromatic rings. The second-order valence-electron chi connectivity index (χ2n) is 6.95. The van der Waals surface area contributed by atoms with Crippen LogP contribution in [-0.4, -0.2) is 19.6 Å². The summed E-state index contributed by atoms with van der Waals surface area (Å²) < 4.78 is 17.1. The molecule has 1 unspecified atom stereocenters. The maximum atomic E-state index is 13.5. The number of hydrogen-bond acceptors (Lipinski definition) is 3. The van der Waals surface area contributed by atoms with Gasteiger partial charge in [-0.05, 0) is 56.3 Å². The average molecular weight is 410 g/mol. The SMILES string of the molecule is Cc1c(C(C)NCc2cnn(-c3ccc(Cl)cc3)c2)cnn1-c1cccc(F)c1. The van der Waals surface area contributed by atoms with Gasteiger partial charge in [0.1, 0.15) is 5.82 Å². The van der Waals surface area contributed by atoms with Crippen molar-refractivity contribution in [3.8, 4) is 11.4 Å². The van der Waals surface area contributed by atoms with Gasteiger partial charge in [-0.25, -0.2) is 13.8 Å². The fourth-order valence-corrected chi connectivity index (χ4v) is 3.41. The molecule has 0 fully saturated rings. The van der Waals surface area contributed by atoms with Crippen molar-refractivity contribution in [2.24, 2.45) is 0 Å². The molecule has 0 bridgehead atoms. The summed E-state index contributed by atoms with van der Waals surface area (Å²) in [4.78, 5) is 0. The van der Waals surface area contributed by atoms with E-state index in [2.05, 4.69) is 22.4 Å². The van der Waals surface area contributed by atoms with Gasteiger partial charge in [-0.3, -0.25) is 0 Å². The van der Waals surface area contributed by atoms with Crippen molar-refractivity contribution < 1.29 is 4.39 Å². The first-order valence-corrected chi connectivity index (χ1v) is 9.72. The molecule has 1 atom stereocenters. The normalized spacial score (nSPS) is 12.3. The molecule has 0 spiro atoms. The van der Waals surface area contributed by atoms with Gasteiger partial charge in [0.15, 0.2) is 0 Å². The van der Waals surface area contributed by atoms with Crippen LogP contribution in [0.5, 0.6) is 0 Å². The standard InChI is InChI=1S/C22H21ClFN5/c1-15(22-13-27-29(16(22)2)21-5-3-4-19(24)10-21)25-11-17-12-26-28(14-17)20-8-6-18(23)7-9-20/h3-10,12-15,25H,11H2,1-2H3. The van der Waals surface area contributed by atoms with Crippen molar-refractivity contribution in [2.75, 3.05) is 0 Å². The van der Waals surface area contributed by atoms with E-state index in [9.17, 15) is 4.39 Å². The molecule has 5 nitrogen and oxygen atoms in total. The van der Waals surface area contributed by atoms with E-state index in [0.29, 0.717) is 17.3 Å². The van der Waals surface area contributed by atoms with Crippen molar-refractivity contribution in [3.05, 3.63) is 94.8 Å². The Morgan fingerprint density at radius 2 is 1.86 bits per heavy atom. The Labute approximate surface area is 173 Å². The first-order valence-electron chi connectivity index (χ1n) is 9.34. The molecule has 0 saturated carbocycles. The van der Waals surface area contributed by atoms with Gasteiger partial charge in [0, 0.05) is 40.6 Å². The quantitative estimate of drug-likeness (QED) is 0.487. The van der Waals surface area contributed by atoms with Gasteiger partial charge in [0.05, 0.1) is 23.8 Å². The summed E-state index contributed by atoms with van der Waals surface area (Å²) >= 11 is 5.94. The van der Waals surface area contributed by atoms with Crippen LogP contribution in [0.25, 0.3) is 11.4 Å². The number of halogens is 2. The van der Waals surface area contributed by atoms with Crippen LogP contribution in [0, 0.1) is 12.7 Å². The van der Waals surface area contributed by atoms with Gasteiger partial charge in [0.2, 0.25) is 0 Å². The topological polar surface area (TPSA) is 47.7 Å². The zero-order chi connectivity index (χ0) is 20.4. The zero-order valence-electron chi connectivity index (χ0n) is 16.2. The largest absolute Gasteiger partial charge is 0.306 e. The third kappa shape index (κ3) is 4.23. The summed E-state index contributed by atoms with van der Waals surface area (Å²) in [6.07, 6.45) is 5.67. The highest BCUT2D eigenvalue weighted by atomic mass is 35.5. The molecule has 0 amide bonds. The second-order valence-corrected chi connectivity index (χ2v) is 7.39. The lowest BCUT2D eigenvalue weighted by molar-refractivity contribution is 0.571. The second kappa shape index (κ2) is 8.19. The van der Waals surface area contributed by atoms with Gasteiger partial charge < -0.3 is 5.32 Å². The molecule has 2 aromatic heterocycles. The number of rotatable bonds is 6. The Morgan fingerprint density at radius 3 is 2.62 bits per heavy atom. The van der Waals surface area contributed by atoms with Crippen LogP contribution in [0.15, 0.2) is 67.1 Å². The first-order chi connectivity index (χ1) is 14.0. The number of benzene rings is 2. The monoisotopic (exact) mass is 409 g/mol. The van der Waals surface area contributed by atoms with Gasteiger partial charge in [-0.15, -0.1) is 0 Å². The van der Waals surface area contributed by atoms with E-state index < -0.39 is 0 Å². The molecule has 1 N–H and O–H groups in total. The molecule has 4 rings (SSSR count). The molecule has 148 valence electrons. The molecule has 0 saturated heterocycles. The molecule has 2 aromatic carbocycles. The van der Waals surface area contributed by atoms with Crippen molar-refractivity contribution in [1.29, 1.82) is 0 Å². The zero-order valence-corrected chi connectivity index (χ0v) is 16.9. The van der Waals surface area contributed by atoms with Crippen molar-refractivity contribution in [3.63, 3.8) is 0 Å². The van der Waals surface area contributed by atoms with Gasteiger partial charge in [0.25, 0.3) is 0 Å². The Balaban J connectivity index is 1.44. The van der Waals surface area contributed by atoms with Crippen LogP contribution < -0.4 is 5.32 Å². The molecule has 29 heavy (non-hydrogen) atoms. The highest BCUT2D eigenvalue weighted by Gasteiger charge is 2.14. The van der Waals surface area contributed by atoms with Crippen molar-refractivity contribution >= 4 is 11.6 Å². The summed E-state index contributed by atoms with van der Waals surface area (Å²) in [6, 6.07) is 14.1. The molecular formula is C22H21ClFN5. The fourth-order valence-electron chi connectivity index (χ4n) is 3.28. The van der Waals surface area contributed by atoms with Crippen LogP contribution in [0.4, 0.5) is 4.39 Å². The van der Waals surface area contributed by atoms with E-state index in [1.54, 1.807) is 10.7 Å². The lowest BCUT2D eigenvalue weighted by Gasteiger charge is -2.13. The molecule has 2 heterocycles. The van der Waals surface area contributed by atoms with Crippen LogP contribution in [0.2, 0.25) is 5.02 Å². The van der Waals surface area contributed by atoms with Crippen molar-refractivity contribution in [1.82, 2.24) is 24.9 Å². The lowest BCUT2D eigenvalue weighted by atomic mass is 10.1. The molecule has 0 aliphatic heterocycles. The molecule has 0 aliphatic rings. The van der Waals surface area contributed by atoms with Gasteiger partial charge in [-0.1, -0.05) is 17.7 Å². The van der Waals surface area contributed by atoms with Crippen molar-refractivity contribution in [2.45, 2.75) is 26.4 Å². The summed E-state index contributed by atoms with van der Waals surface area (Å²) in [5.41, 5.74) is 4.79. The Hall–Kier alpha value is -2.96. The molecular weight excluding hydrogens is 389 g/mol. The highest BCUT2D eigenvalue weighted by molar-refractivity contribution is 6.30. The number of hydrogen-bond donors (Lipinski definition) is 1. The third-order valence-electron chi connectivity index (χ3n) is 4.91. The predicted molar refractivity (Wildman–Crippen MR) is 112 cm³/mol. The van der Waals surface area contributed by atoms with E-state index in [1.807, 2.05) is 60.5 Å². The summed E-state index contributed by atoms with van der Waals surface area (Å²) in [5, 5.41) is 13.1. The van der Waals surface area contributed by atoms with Crippen LogP contribution in [0.1, 0.15) is 29.8 Å². The minimum absolute atomic E-state index is 0.0798. The van der Waals surface area contributed by atoms with Crippen LogP contribution >= 0.6 is 11.6 Å². The minimum atomic E-state index is -0.275. The van der Waals surface area contributed by atoms with Crippen LogP contribution in [0.3, 0.4) is 0 Å². The maximum absolute atomic E-state index is 13.5. The minimum Gasteiger partial charge on any atom is -0.306 e. The summed E-state index contributed by atoms with van der Waals surface area (Å²) in [6.45, 7) is 4.74. The highest BCUT2D eigenvalue weighted by Crippen LogP contribution is 2.21. The molecule has 0 radical (unpaired) electrons. The summed E-state index contributed by atoms with van der Waals surface area (Å²) in [7, 11) is 0. The summed E-state index contributed by atoms with van der Waals surface area (Å²) in [5.74, 6) is -0.275. The van der Waals surface area contributed by atoms with Gasteiger partial charge in [-0.2, -0.15) is 10.2 Å². The van der Waals surface area contributed by atoms with Gasteiger partial charge >= 0.3 is 0 Å². The van der Waals surface area contributed by atoms with E-state index >= 15 is 0 Å². The predicted octanol–water partition coefficient (Wildman–Crippen LogP) is 5.01. The number of aromatic nitrogens is 4. The maximum Gasteiger partial charge on any atom is 0.125 e. The third-order valence-corrected chi connectivity index (χ3v) is 5.16. The lowest BCUT2D eigenvalue weighted by Crippen LogP contribution is -2.18. The van der Waals surface area contributed by atoms with Crippen LogP contribution in [-0.2, 0) is 6.54 Å². The molecule has 7 heteroatoms. The van der Waals surface area contributed by atoms with E-state index in [0.717, 1.165) is 22.5 Å². The fraction of sp³-hybridized carbons (Fsp3) is 0.182. The Bertz CT molecular complexity index is 1120. The smallest absolute Gasteiger partial charge is 0.125 e. The molecule has 0 aliphatic carbocycles. The van der Waals surface area contributed by atoms with E-state index in [-0.39, 0.29) is 11.9 Å². The van der Waals surface area contributed by atoms with E-state index in [1.165, 1.54) is 12.1 Å². The Kier molecular flexibility index (Phi) is 5.47. The number of nitrogens with one attached hydrogen (secondary N) is 1. The Morgan fingerprint density at radius 1 is 1.07 bits per heavy atom. The average Bonchev–Trinajstić information content (AvgIpc) is 3.33. The van der Waals surface area contributed by atoms with E-state index in [4.69, 9.17) is 11.6 Å². The first kappa shape index (κ1) is 19.4.